The summed E-state index contributed by atoms with van der Waals surface area (Å²) < 4.78 is 10.5. The number of hydrogen-bond donors (Lipinski definition) is 1. The summed E-state index contributed by atoms with van der Waals surface area (Å²) in [5.41, 5.74) is 0.761. The molecule has 1 saturated heterocycles. The zero-order valence-corrected chi connectivity index (χ0v) is 15.2. The molecule has 7 nitrogen and oxygen atoms in total. The molecule has 136 valence electrons. The van der Waals surface area contributed by atoms with Crippen molar-refractivity contribution in [2.24, 2.45) is 5.92 Å². The van der Waals surface area contributed by atoms with Crippen LogP contribution in [0.2, 0.25) is 0 Å². The number of carbonyl (C=O) groups is 1. The molecule has 0 bridgehead atoms. The molecule has 0 saturated carbocycles. The number of rotatable bonds is 7. The summed E-state index contributed by atoms with van der Waals surface area (Å²) >= 11 is 0. The lowest BCUT2D eigenvalue weighted by molar-refractivity contribution is 0.0127. The number of amides is 2. The maximum Gasteiger partial charge on any atom is 0.317 e. The molecular formula is C17H30N4O3. The van der Waals surface area contributed by atoms with Gasteiger partial charge in [0.1, 0.15) is 11.5 Å². The van der Waals surface area contributed by atoms with Gasteiger partial charge in [0.2, 0.25) is 0 Å². The largest absolute Gasteiger partial charge is 0.379 e. The number of aryl methyl sites for hydroxylation is 1. The first-order valence-electron chi connectivity index (χ1n) is 8.68. The maximum absolute atomic E-state index is 12.3. The van der Waals surface area contributed by atoms with E-state index in [1.54, 1.807) is 11.9 Å². The van der Waals surface area contributed by atoms with Gasteiger partial charge in [0.15, 0.2) is 0 Å². The molecule has 1 N–H and O–H groups in total. The quantitative estimate of drug-likeness (QED) is 0.822. The number of urea groups is 1. The molecule has 0 unspecified atom stereocenters. The zero-order chi connectivity index (χ0) is 17.5. The number of carbonyl (C=O) groups excluding carboxylic acids is 1. The number of aromatic nitrogens is 1. The van der Waals surface area contributed by atoms with Gasteiger partial charge in [0.05, 0.1) is 19.8 Å². The normalized spacial score (nSPS) is 17.0. The molecule has 2 amide bonds. The second kappa shape index (κ2) is 9.03. The third kappa shape index (κ3) is 5.79. The van der Waals surface area contributed by atoms with E-state index < -0.39 is 0 Å². The molecule has 1 aromatic heterocycles. The van der Waals surface area contributed by atoms with Crippen LogP contribution in [0.4, 0.5) is 4.79 Å². The molecule has 7 heteroatoms. The maximum atomic E-state index is 12.3. The summed E-state index contributed by atoms with van der Waals surface area (Å²) in [5, 5.41) is 6.99. The molecule has 1 aliphatic heterocycles. The minimum atomic E-state index is -0.0855. The Hall–Kier alpha value is -1.60. The highest BCUT2D eigenvalue weighted by Gasteiger charge is 2.23. The van der Waals surface area contributed by atoms with Gasteiger partial charge in [0, 0.05) is 38.8 Å². The van der Waals surface area contributed by atoms with Crippen LogP contribution in [-0.2, 0) is 11.3 Å². The summed E-state index contributed by atoms with van der Waals surface area (Å²) in [6.45, 7) is 10.8. The number of morpholine rings is 1. The fourth-order valence-corrected chi connectivity index (χ4v) is 3.00. The van der Waals surface area contributed by atoms with E-state index in [1.807, 2.05) is 13.0 Å². The van der Waals surface area contributed by atoms with Crippen LogP contribution in [-0.4, -0.2) is 66.9 Å². The van der Waals surface area contributed by atoms with Crippen molar-refractivity contribution in [3.8, 4) is 0 Å². The van der Waals surface area contributed by atoms with E-state index in [1.165, 1.54) is 0 Å². The Balaban J connectivity index is 1.83. The highest BCUT2D eigenvalue weighted by molar-refractivity contribution is 5.73. The third-order valence-corrected chi connectivity index (χ3v) is 4.22. The standard InChI is InChI=1S/C17H30N4O3/c1-13(2)9-16(21-5-7-23-8-6-21)11-18-17(22)20(4)12-15-10-14(3)24-19-15/h10,13,16H,5-9,11-12H2,1-4H3,(H,18,22)/t16-/m1/s1. The summed E-state index contributed by atoms with van der Waals surface area (Å²) in [7, 11) is 1.77. The smallest absolute Gasteiger partial charge is 0.317 e. The van der Waals surface area contributed by atoms with Gasteiger partial charge in [-0.15, -0.1) is 0 Å². The van der Waals surface area contributed by atoms with Gasteiger partial charge in [-0.2, -0.15) is 0 Å². The molecule has 0 radical (unpaired) electrons. The summed E-state index contributed by atoms with van der Waals surface area (Å²) in [6.07, 6.45) is 1.06. The molecule has 24 heavy (non-hydrogen) atoms. The van der Waals surface area contributed by atoms with Crippen LogP contribution in [0, 0.1) is 12.8 Å². The van der Waals surface area contributed by atoms with E-state index >= 15 is 0 Å². The van der Waals surface area contributed by atoms with Crippen molar-refractivity contribution in [2.75, 3.05) is 39.9 Å². The van der Waals surface area contributed by atoms with Crippen LogP contribution in [0.3, 0.4) is 0 Å². The monoisotopic (exact) mass is 338 g/mol. The van der Waals surface area contributed by atoms with Crippen LogP contribution in [0.1, 0.15) is 31.7 Å². The van der Waals surface area contributed by atoms with Gasteiger partial charge < -0.3 is 19.5 Å². The van der Waals surface area contributed by atoms with E-state index in [0.717, 1.165) is 44.2 Å². The highest BCUT2D eigenvalue weighted by Crippen LogP contribution is 2.13. The van der Waals surface area contributed by atoms with Gasteiger partial charge in [0.25, 0.3) is 0 Å². The second-order valence-electron chi connectivity index (χ2n) is 6.90. The highest BCUT2D eigenvalue weighted by atomic mass is 16.5. The van der Waals surface area contributed by atoms with Crippen molar-refractivity contribution in [1.29, 1.82) is 0 Å². The summed E-state index contributed by atoms with van der Waals surface area (Å²) in [4.78, 5) is 16.4. The van der Waals surface area contributed by atoms with Gasteiger partial charge in [-0.05, 0) is 19.3 Å². The van der Waals surface area contributed by atoms with Crippen molar-refractivity contribution in [3.63, 3.8) is 0 Å². The Morgan fingerprint density at radius 2 is 2.12 bits per heavy atom. The first-order valence-corrected chi connectivity index (χ1v) is 8.68. The molecular weight excluding hydrogens is 308 g/mol. The lowest BCUT2D eigenvalue weighted by Gasteiger charge is -2.35. The van der Waals surface area contributed by atoms with Crippen molar-refractivity contribution in [1.82, 2.24) is 20.3 Å². The van der Waals surface area contributed by atoms with Crippen LogP contribution in [0.15, 0.2) is 10.6 Å². The van der Waals surface area contributed by atoms with Crippen molar-refractivity contribution < 1.29 is 14.1 Å². The molecule has 2 rings (SSSR count). The van der Waals surface area contributed by atoms with Crippen LogP contribution in [0.5, 0.6) is 0 Å². The van der Waals surface area contributed by atoms with E-state index in [2.05, 4.69) is 29.2 Å². The molecule has 1 fully saturated rings. The van der Waals surface area contributed by atoms with Crippen molar-refractivity contribution in [2.45, 2.75) is 39.8 Å². The van der Waals surface area contributed by atoms with Crippen molar-refractivity contribution in [3.05, 3.63) is 17.5 Å². The average Bonchev–Trinajstić information content (AvgIpc) is 2.96. The molecule has 1 aliphatic rings. The van der Waals surface area contributed by atoms with Crippen LogP contribution in [0.25, 0.3) is 0 Å². The zero-order valence-electron chi connectivity index (χ0n) is 15.2. The molecule has 0 aliphatic carbocycles. The number of nitrogens with zero attached hydrogens (tertiary/aromatic N) is 3. The summed E-state index contributed by atoms with van der Waals surface area (Å²) in [5.74, 6) is 1.34. The average molecular weight is 338 g/mol. The number of ether oxygens (including phenoxy) is 1. The topological polar surface area (TPSA) is 70.8 Å². The fourth-order valence-electron chi connectivity index (χ4n) is 3.00. The van der Waals surface area contributed by atoms with E-state index in [9.17, 15) is 4.79 Å². The molecule has 2 heterocycles. The molecule has 1 aromatic rings. The Morgan fingerprint density at radius 3 is 2.71 bits per heavy atom. The van der Waals surface area contributed by atoms with Gasteiger partial charge in [-0.25, -0.2) is 4.79 Å². The Labute approximate surface area is 144 Å². The lowest BCUT2D eigenvalue weighted by atomic mass is 10.0. The predicted octanol–water partition coefficient (Wildman–Crippen LogP) is 1.87. The Kier molecular flexibility index (Phi) is 7.05. The Bertz CT molecular complexity index is 512. The van der Waals surface area contributed by atoms with Crippen molar-refractivity contribution >= 4 is 6.03 Å². The number of hydrogen-bond acceptors (Lipinski definition) is 5. The predicted molar refractivity (Wildman–Crippen MR) is 91.7 cm³/mol. The SMILES string of the molecule is Cc1cc(CN(C)C(=O)NC[C@@H](CC(C)C)N2CCOCC2)no1. The Morgan fingerprint density at radius 1 is 1.42 bits per heavy atom. The molecule has 0 aromatic carbocycles. The van der Waals surface area contributed by atoms with E-state index in [-0.39, 0.29) is 6.03 Å². The lowest BCUT2D eigenvalue weighted by Crippen LogP contribution is -2.50. The minimum absolute atomic E-state index is 0.0855. The summed E-state index contributed by atoms with van der Waals surface area (Å²) in [6, 6.07) is 2.11. The van der Waals surface area contributed by atoms with Gasteiger partial charge in [-0.1, -0.05) is 19.0 Å². The first kappa shape index (κ1) is 18.7. The second-order valence-corrected chi connectivity index (χ2v) is 6.90. The van der Waals surface area contributed by atoms with Crippen LogP contribution < -0.4 is 5.32 Å². The van der Waals surface area contributed by atoms with Crippen LogP contribution >= 0.6 is 0 Å². The van der Waals surface area contributed by atoms with E-state index in [4.69, 9.17) is 9.26 Å². The van der Waals surface area contributed by atoms with Gasteiger partial charge >= 0.3 is 6.03 Å². The number of nitrogens with one attached hydrogen (secondary N) is 1. The molecule has 0 spiro atoms. The first-order chi connectivity index (χ1) is 11.5. The van der Waals surface area contributed by atoms with E-state index in [0.29, 0.717) is 25.0 Å². The van der Waals surface area contributed by atoms with Gasteiger partial charge in [-0.3, -0.25) is 4.90 Å². The molecule has 1 atom stereocenters. The third-order valence-electron chi connectivity index (χ3n) is 4.22. The fraction of sp³-hybridized carbons (Fsp3) is 0.765. The minimum Gasteiger partial charge on any atom is -0.379 e.